The molecule has 1 aliphatic heterocycles. The van der Waals surface area contributed by atoms with Crippen molar-refractivity contribution in [3.63, 3.8) is 0 Å². The fourth-order valence-corrected chi connectivity index (χ4v) is 2.57. The summed E-state index contributed by atoms with van der Waals surface area (Å²) in [6, 6.07) is 14.0. The maximum atomic E-state index is 6.27. The lowest BCUT2D eigenvalue weighted by Crippen LogP contribution is -2.21. The van der Waals surface area contributed by atoms with E-state index in [1.807, 2.05) is 31.2 Å². The molecule has 0 fully saturated rings. The number of benzene rings is 2. The van der Waals surface area contributed by atoms with Crippen LogP contribution in [0, 0.1) is 0 Å². The van der Waals surface area contributed by atoms with Crippen molar-refractivity contribution in [1.82, 2.24) is 0 Å². The van der Waals surface area contributed by atoms with Gasteiger partial charge in [0, 0.05) is 5.56 Å². The predicted octanol–water partition coefficient (Wildman–Crippen LogP) is 3.79. The molecule has 18 heavy (non-hydrogen) atoms. The average Bonchev–Trinajstić information content (AvgIpc) is 2.68. The smallest absolute Gasteiger partial charge is 0.143 e. The summed E-state index contributed by atoms with van der Waals surface area (Å²) in [7, 11) is 0. The van der Waals surface area contributed by atoms with Crippen LogP contribution in [0.1, 0.15) is 18.5 Å². The van der Waals surface area contributed by atoms with Crippen LogP contribution in [0.25, 0.3) is 11.1 Å². The SMILES string of the molecule is CC1Oc2c(Cl)cc(-c3ccccc3)cc2C1N. The first-order chi connectivity index (χ1) is 8.66. The number of hydrogen-bond acceptors (Lipinski definition) is 2. The quantitative estimate of drug-likeness (QED) is 0.846. The van der Waals surface area contributed by atoms with Gasteiger partial charge in [0.2, 0.25) is 0 Å². The number of fused-ring (bicyclic) bond motifs is 1. The Balaban J connectivity index is 2.13. The maximum absolute atomic E-state index is 6.27. The largest absolute Gasteiger partial charge is 0.487 e. The Kier molecular flexibility index (Phi) is 2.77. The van der Waals surface area contributed by atoms with Gasteiger partial charge < -0.3 is 10.5 Å². The van der Waals surface area contributed by atoms with Crippen molar-refractivity contribution in [2.24, 2.45) is 5.73 Å². The molecule has 2 aromatic rings. The maximum Gasteiger partial charge on any atom is 0.143 e. The van der Waals surface area contributed by atoms with Gasteiger partial charge in [-0.3, -0.25) is 0 Å². The van der Waals surface area contributed by atoms with E-state index in [9.17, 15) is 0 Å². The molecule has 1 aliphatic rings. The standard InChI is InChI=1S/C15H14ClNO/c1-9-14(17)12-7-11(8-13(16)15(12)18-9)10-5-3-2-4-6-10/h2-9,14H,17H2,1H3. The molecule has 0 spiro atoms. The van der Waals surface area contributed by atoms with Gasteiger partial charge in [0.15, 0.2) is 0 Å². The Morgan fingerprint density at radius 2 is 1.83 bits per heavy atom. The van der Waals surface area contributed by atoms with Crippen LogP contribution in [-0.2, 0) is 0 Å². The Morgan fingerprint density at radius 3 is 2.56 bits per heavy atom. The molecule has 2 aromatic carbocycles. The van der Waals surface area contributed by atoms with Crippen LogP contribution < -0.4 is 10.5 Å². The summed E-state index contributed by atoms with van der Waals surface area (Å²) in [4.78, 5) is 0. The van der Waals surface area contributed by atoms with E-state index in [1.54, 1.807) is 0 Å². The summed E-state index contributed by atoms with van der Waals surface area (Å²) < 4.78 is 5.68. The van der Waals surface area contributed by atoms with E-state index in [0.717, 1.165) is 22.4 Å². The number of nitrogens with two attached hydrogens (primary N) is 1. The normalized spacial score (nSPS) is 21.5. The summed E-state index contributed by atoms with van der Waals surface area (Å²) in [6.45, 7) is 1.96. The van der Waals surface area contributed by atoms with Crippen molar-refractivity contribution in [2.75, 3.05) is 0 Å². The molecule has 3 heteroatoms. The fourth-order valence-electron chi connectivity index (χ4n) is 2.30. The van der Waals surface area contributed by atoms with Crippen molar-refractivity contribution in [1.29, 1.82) is 0 Å². The van der Waals surface area contributed by atoms with Gasteiger partial charge in [0.1, 0.15) is 11.9 Å². The summed E-state index contributed by atoms with van der Waals surface area (Å²) >= 11 is 6.27. The van der Waals surface area contributed by atoms with Gasteiger partial charge in [0.05, 0.1) is 11.1 Å². The number of hydrogen-bond donors (Lipinski definition) is 1. The monoisotopic (exact) mass is 259 g/mol. The van der Waals surface area contributed by atoms with Crippen LogP contribution >= 0.6 is 11.6 Å². The Bertz CT molecular complexity index is 583. The molecular weight excluding hydrogens is 246 g/mol. The molecule has 0 aliphatic carbocycles. The zero-order valence-corrected chi connectivity index (χ0v) is 10.8. The molecule has 0 saturated heterocycles. The predicted molar refractivity (Wildman–Crippen MR) is 73.9 cm³/mol. The second-order valence-corrected chi connectivity index (χ2v) is 5.00. The number of halogens is 1. The van der Waals surface area contributed by atoms with E-state index in [4.69, 9.17) is 22.1 Å². The second kappa shape index (κ2) is 4.30. The highest BCUT2D eigenvalue weighted by atomic mass is 35.5. The molecular formula is C15H14ClNO. The van der Waals surface area contributed by atoms with Gasteiger partial charge in [-0.1, -0.05) is 41.9 Å². The minimum Gasteiger partial charge on any atom is -0.487 e. The molecule has 92 valence electrons. The van der Waals surface area contributed by atoms with Gasteiger partial charge in [0.25, 0.3) is 0 Å². The number of ether oxygens (including phenoxy) is 1. The van der Waals surface area contributed by atoms with E-state index < -0.39 is 0 Å². The van der Waals surface area contributed by atoms with Crippen molar-refractivity contribution >= 4 is 11.6 Å². The second-order valence-electron chi connectivity index (χ2n) is 4.59. The Labute approximate surface area is 111 Å². The van der Waals surface area contributed by atoms with E-state index in [2.05, 4.69) is 18.2 Å². The van der Waals surface area contributed by atoms with Crippen molar-refractivity contribution < 1.29 is 4.74 Å². The Hall–Kier alpha value is -1.51. The first kappa shape index (κ1) is 11.6. The molecule has 0 bridgehead atoms. The fraction of sp³-hybridized carbons (Fsp3) is 0.200. The van der Waals surface area contributed by atoms with E-state index in [1.165, 1.54) is 0 Å². The van der Waals surface area contributed by atoms with E-state index in [-0.39, 0.29) is 12.1 Å². The molecule has 2 unspecified atom stereocenters. The van der Waals surface area contributed by atoms with Crippen LogP contribution in [-0.4, -0.2) is 6.10 Å². The molecule has 2 nitrogen and oxygen atoms in total. The summed E-state index contributed by atoms with van der Waals surface area (Å²) in [5.74, 6) is 0.733. The highest BCUT2D eigenvalue weighted by molar-refractivity contribution is 6.32. The van der Waals surface area contributed by atoms with E-state index >= 15 is 0 Å². The minimum atomic E-state index is -0.110. The van der Waals surface area contributed by atoms with Gasteiger partial charge in [-0.05, 0) is 30.2 Å². The van der Waals surface area contributed by atoms with Gasteiger partial charge in [-0.25, -0.2) is 0 Å². The van der Waals surface area contributed by atoms with Gasteiger partial charge in [-0.15, -0.1) is 0 Å². The van der Waals surface area contributed by atoms with Crippen molar-refractivity contribution in [2.45, 2.75) is 19.1 Å². The van der Waals surface area contributed by atoms with Crippen molar-refractivity contribution in [3.8, 4) is 16.9 Å². The third-order valence-corrected chi connectivity index (χ3v) is 3.63. The van der Waals surface area contributed by atoms with Gasteiger partial charge in [-0.2, -0.15) is 0 Å². The lowest BCUT2D eigenvalue weighted by Gasteiger charge is -2.08. The summed E-state index contributed by atoms with van der Waals surface area (Å²) in [5.41, 5.74) is 9.33. The molecule has 2 atom stereocenters. The molecule has 3 rings (SSSR count). The zero-order valence-electron chi connectivity index (χ0n) is 10.1. The average molecular weight is 260 g/mol. The van der Waals surface area contributed by atoms with Crippen LogP contribution in [0.2, 0.25) is 5.02 Å². The van der Waals surface area contributed by atoms with Crippen molar-refractivity contribution in [3.05, 3.63) is 53.1 Å². The lowest BCUT2D eigenvalue weighted by molar-refractivity contribution is 0.228. The third-order valence-electron chi connectivity index (χ3n) is 3.35. The van der Waals surface area contributed by atoms with Crippen LogP contribution in [0.15, 0.2) is 42.5 Å². The molecule has 0 amide bonds. The summed E-state index contributed by atoms with van der Waals surface area (Å²) in [6.07, 6.45) is -0.0245. The zero-order chi connectivity index (χ0) is 12.7. The molecule has 0 aromatic heterocycles. The van der Waals surface area contributed by atoms with E-state index in [0.29, 0.717) is 5.02 Å². The first-order valence-electron chi connectivity index (χ1n) is 5.98. The number of rotatable bonds is 1. The topological polar surface area (TPSA) is 35.2 Å². The van der Waals surface area contributed by atoms with Crippen LogP contribution in [0.4, 0.5) is 0 Å². The highest BCUT2D eigenvalue weighted by Crippen LogP contribution is 2.43. The molecule has 0 saturated carbocycles. The lowest BCUT2D eigenvalue weighted by atomic mass is 9.99. The molecule has 2 N–H and O–H groups in total. The first-order valence-corrected chi connectivity index (χ1v) is 6.35. The summed E-state index contributed by atoms with van der Waals surface area (Å²) in [5, 5.41) is 0.631. The minimum absolute atomic E-state index is 0.0245. The van der Waals surface area contributed by atoms with Crippen LogP contribution in [0.5, 0.6) is 5.75 Å². The molecule has 0 radical (unpaired) electrons. The molecule has 1 heterocycles. The van der Waals surface area contributed by atoms with Gasteiger partial charge >= 0.3 is 0 Å². The third kappa shape index (κ3) is 1.78. The Morgan fingerprint density at radius 1 is 1.11 bits per heavy atom. The van der Waals surface area contributed by atoms with Crippen LogP contribution in [0.3, 0.4) is 0 Å². The highest BCUT2D eigenvalue weighted by Gasteiger charge is 2.30.